The first-order valence-corrected chi connectivity index (χ1v) is 24.8. The van der Waals surface area contributed by atoms with Crippen molar-refractivity contribution in [3.63, 3.8) is 0 Å². The number of hydrogen-bond acceptors (Lipinski definition) is 2. The molecule has 3 heterocycles. The van der Waals surface area contributed by atoms with Gasteiger partial charge in [0.05, 0.1) is 22.7 Å². The third-order valence-electron chi connectivity index (χ3n) is 13.9. The molecule has 3 heteroatoms. The molecular formula is C59H46N2Si. The van der Waals surface area contributed by atoms with Gasteiger partial charge >= 0.3 is 0 Å². The summed E-state index contributed by atoms with van der Waals surface area (Å²) in [5.74, 6) is 0. The lowest BCUT2D eigenvalue weighted by Crippen LogP contribution is -2.49. The SMILES string of the molecule is CC1(C)c2cc(C=Cc3ccc4c(c3)-c3cc(N5c6ccccc6C=Cc6ccccc65)ccc3[Si]4(C)C)ccc2-c2ccc(N3c4ccccc4C=Cc4ccccc43)cc21. The second-order valence-corrected chi connectivity index (χ2v) is 22.6. The van der Waals surface area contributed by atoms with Crippen LogP contribution in [-0.4, -0.2) is 8.07 Å². The Labute approximate surface area is 366 Å². The zero-order chi connectivity index (χ0) is 41.7. The summed E-state index contributed by atoms with van der Waals surface area (Å²) in [4.78, 5) is 4.88. The minimum Gasteiger partial charge on any atom is -0.309 e. The van der Waals surface area contributed by atoms with E-state index in [1.807, 2.05) is 0 Å². The number of nitrogens with zero attached hydrogens (tertiary/aromatic N) is 2. The standard InChI is InChI=1S/C59H46N2Si/c1-59(2)51-36-40(23-31-47(51)48-32-29-46(38-52(48)59)61-55-19-11-7-15-43(55)27-28-44-16-8-12-20-56(44)61)22-21-39-24-33-57-49(35-39)50-37-45(30-34-58(50)62(57,3)4)60-53-17-9-5-13-41(53)25-26-42-14-6-10-18-54(42)60/h5-38H,1-4H3. The summed E-state index contributed by atoms with van der Waals surface area (Å²) in [5, 5.41) is 3.02. The normalized spacial score (nSPS) is 15.4. The van der Waals surface area contributed by atoms with Crippen LogP contribution in [0.25, 0.3) is 58.7 Å². The van der Waals surface area contributed by atoms with Gasteiger partial charge in [-0.15, -0.1) is 0 Å². The predicted molar refractivity (Wildman–Crippen MR) is 269 cm³/mol. The zero-order valence-electron chi connectivity index (χ0n) is 35.5. The van der Waals surface area contributed by atoms with Crippen molar-refractivity contribution in [1.82, 2.24) is 0 Å². The van der Waals surface area contributed by atoms with Crippen LogP contribution < -0.4 is 20.2 Å². The van der Waals surface area contributed by atoms with Gasteiger partial charge in [-0.1, -0.05) is 179 Å². The molecular weight excluding hydrogens is 765 g/mol. The Hall–Kier alpha value is -7.20. The van der Waals surface area contributed by atoms with E-state index >= 15 is 0 Å². The number of para-hydroxylation sites is 4. The smallest absolute Gasteiger partial charge is 0.113 e. The van der Waals surface area contributed by atoms with Crippen molar-refractivity contribution < 1.29 is 0 Å². The third kappa shape index (κ3) is 5.55. The molecule has 3 aliphatic heterocycles. The maximum atomic E-state index is 2.50. The molecule has 296 valence electrons. The molecule has 4 aliphatic rings. The second-order valence-electron chi connectivity index (χ2n) is 18.2. The van der Waals surface area contributed by atoms with Crippen molar-refractivity contribution in [2.45, 2.75) is 32.4 Å². The lowest BCUT2D eigenvalue weighted by atomic mass is 9.81. The summed E-state index contributed by atoms with van der Waals surface area (Å²) < 4.78 is 0. The first-order chi connectivity index (χ1) is 30.2. The van der Waals surface area contributed by atoms with Crippen LogP contribution in [0.4, 0.5) is 34.1 Å². The van der Waals surface area contributed by atoms with Gasteiger partial charge in [0.2, 0.25) is 0 Å². The quantitative estimate of drug-likeness (QED) is 0.129. The fourth-order valence-corrected chi connectivity index (χ4v) is 13.7. The number of hydrogen-bond donors (Lipinski definition) is 0. The molecule has 0 N–H and O–H groups in total. The molecule has 0 spiro atoms. The number of fused-ring (bicyclic) bond motifs is 10. The summed E-state index contributed by atoms with van der Waals surface area (Å²) in [7, 11) is -1.89. The molecule has 0 radical (unpaired) electrons. The lowest BCUT2D eigenvalue weighted by molar-refractivity contribution is 0.660. The Balaban J connectivity index is 0.880. The molecule has 0 atom stereocenters. The Bertz CT molecular complexity index is 3170. The minimum atomic E-state index is -1.89. The monoisotopic (exact) mass is 810 g/mol. The van der Waals surface area contributed by atoms with Crippen molar-refractivity contribution in [2.24, 2.45) is 0 Å². The van der Waals surface area contributed by atoms with Crippen LogP contribution in [-0.2, 0) is 5.41 Å². The third-order valence-corrected chi connectivity index (χ3v) is 17.5. The van der Waals surface area contributed by atoms with Crippen LogP contribution in [0.5, 0.6) is 0 Å². The second kappa shape index (κ2) is 13.7. The van der Waals surface area contributed by atoms with Gasteiger partial charge in [0.15, 0.2) is 0 Å². The molecule has 12 rings (SSSR count). The summed E-state index contributed by atoms with van der Waals surface area (Å²) in [6, 6.07) is 63.4. The Morgan fingerprint density at radius 2 is 0.774 bits per heavy atom. The van der Waals surface area contributed by atoms with Gasteiger partial charge < -0.3 is 9.80 Å². The van der Waals surface area contributed by atoms with Crippen molar-refractivity contribution in [1.29, 1.82) is 0 Å². The van der Waals surface area contributed by atoms with E-state index in [4.69, 9.17) is 0 Å². The highest BCUT2D eigenvalue weighted by atomic mass is 28.3. The minimum absolute atomic E-state index is 0.163. The predicted octanol–water partition coefficient (Wildman–Crippen LogP) is 14.9. The van der Waals surface area contributed by atoms with Crippen molar-refractivity contribution in [3.8, 4) is 22.3 Å². The summed E-state index contributed by atoms with van der Waals surface area (Å²) >= 11 is 0. The van der Waals surface area contributed by atoms with Gasteiger partial charge in [0, 0.05) is 16.8 Å². The highest BCUT2D eigenvalue weighted by Crippen LogP contribution is 2.52. The first kappa shape index (κ1) is 36.6. The van der Waals surface area contributed by atoms with Gasteiger partial charge in [0.25, 0.3) is 0 Å². The molecule has 0 unspecified atom stereocenters. The highest BCUT2D eigenvalue weighted by Gasteiger charge is 2.39. The maximum absolute atomic E-state index is 2.50. The Morgan fingerprint density at radius 1 is 0.387 bits per heavy atom. The number of benzene rings is 8. The average Bonchev–Trinajstić information content (AvgIpc) is 3.47. The van der Waals surface area contributed by atoms with E-state index in [0.29, 0.717) is 0 Å². The number of anilines is 6. The molecule has 0 aromatic heterocycles. The molecule has 1 aliphatic carbocycles. The van der Waals surface area contributed by atoms with E-state index in [1.165, 1.54) is 111 Å². The van der Waals surface area contributed by atoms with Gasteiger partial charge in [-0.05, 0) is 132 Å². The maximum Gasteiger partial charge on any atom is 0.113 e. The van der Waals surface area contributed by atoms with Crippen molar-refractivity contribution in [2.75, 3.05) is 9.80 Å². The molecule has 8 aromatic carbocycles. The lowest BCUT2D eigenvalue weighted by Gasteiger charge is -2.29. The van der Waals surface area contributed by atoms with Gasteiger partial charge in [-0.25, -0.2) is 0 Å². The van der Waals surface area contributed by atoms with E-state index in [2.05, 4.69) is 243 Å². The van der Waals surface area contributed by atoms with E-state index in [9.17, 15) is 0 Å². The topological polar surface area (TPSA) is 6.48 Å². The molecule has 62 heavy (non-hydrogen) atoms. The van der Waals surface area contributed by atoms with Gasteiger partial charge in [-0.3, -0.25) is 0 Å². The van der Waals surface area contributed by atoms with Crippen LogP contribution in [0.15, 0.2) is 170 Å². The van der Waals surface area contributed by atoms with Crippen LogP contribution in [0, 0.1) is 0 Å². The molecule has 0 fully saturated rings. The highest BCUT2D eigenvalue weighted by molar-refractivity contribution is 7.03. The summed E-state index contributed by atoms with van der Waals surface area (Å²) in [5.41, 5.74) is 22.5. The summed E-state index contributed by atoms with van der Waals surface area (Å²) in [6.07, 6.45) is 13.6. The van der Waals surface area contributed by atoms with Gasteiger partial charge in [-0.2, -0.15) is 0 Å². The average molecular weight is 811 g/mol. The first-order valence-electron chi connectivity index (χ1n) is 21.8. The van der Waals surface area contributed by atoms with E-state index in [1.54, 1.807) is 0 Å². The Morgan fingerprint density at radius 3 is 1.31 bits per heavy atom. The molecule has 0 bridgehead atoms. The summed E-state index contributed by atoms with van der Waals surface area (Å²) in [6.45, 7) is 9.78. The fourth-order valence-electron chi connectivity index (χ4n) is 10.7. The van der Waals surface area contributed by atoms with Crippen molar-refractivity contribution >= 4 is 89.0 Å². The Kier molecular flexibility index (Phi) is 8.07. The molecule has 0 saturated carbocycles. The fraction of sp³-hybridized carbons (Fsp3) is 0.0847. The van der Waals surface area contributed by atoms with Crippen LogP contribution in [0.3, 0.4) is 0 Å². The molecule has 2 nitrogen and oxygen atoms in total. The van der Waals surface area contributed by atoms with Crippen LogP contribution in [0.2, 0.25) is 13.1 Å². The zero-order valence-corrected chi connectivity index (χ0v) is 36.5. The van der Waals surface area contributed by atoms with Crippen molar-refractivity contribution in [3.05, 3.63) is 214 Å². The largest absolute Gasteiger partial charge is 0.309 e. The molecule has 8 aromatic rings. The molecule has 0 saturated heterocycles. The van der Waals surface area contributed by atoms with E-state index in [0.717, 1.165) is 0 Å². The number of rotatable bonds is 4. The van der Waals surface area contributed by atoms with E-state index in [-0.39, 0.29) is 5.41 Å². The van der Waals surface area contributed by atoms with Crippen LogP contribution >= 0.6 is 0 Å². The molecule has 0 amide bonds. The van der Waals surface area contributed by atoms with Crippen LogP contribution in [0.1, 0.15) is 58.4 Å². The van der Waals surface area contributed by atoms with E-state index < -0.39 is 8.07 Å². The van der Waals surface area contributed by atoms with Gasteiger partial charge in [0.1, 0.15) is 8.07 Å².